The Balaban J connectivity index is 2.43. The van der Waals surface area contributed by atoms with Crippen LogP contribution in [0.2, 0.25) is 0 Å². The normalized spacial score (nSPS) is 17.1. The van der Waals surface area contributed by atoms with Gasteiger partial charge in [-0.15, -0.1) is 0 Å². The van der Waals surface area contributed by atoms with Gasteiger partial charge in [-0.3, -0.25) is 0 Å². The third-order valence-electron chi connectivity index (χ3n) is 5.60. The molecule has 0 bridgehead atoms. The first-order chi connectivity index (χ1) is 22.6. The topological polar surface area (TPSA) is 104 Å². The molecule has 1 aliphatic rings. The Bertz CT molecular complexity index is 2170. The van der Waals surface area contributed by atoms with Crippen molar-refractivity contribution < 1.29 is 34.6 Å². The van der Waals surface area contributed by atoms with Gasteiger partial charge in [0, 0.05) is 11.1 Å². The second-order valence-electron chi connectivity index (χ2n) is 7.75. The Labute approximate surface area is 241 Å². The maximum absolute atomic E-state index is 14.8. The number of nitriles is 4. The molecule has 6 nitrogen and oxygen atoms in total. The average Bonchev–Trinajstić information content (AvgIpc) is 3.80. The number of rotatable bonds is 3. The zero-order valence-corrected chi connectivity index (χ0v) is 20.0. The maximum Gasteiger partial charge on any atom is 0.192 e. The van der Waals surface area contributed by atoms with Crippen LogP contribution in [0, 0.1) is 93.4 Å². The first-order valence-corrected chi connectivity index (χ1v) is 10.7. The summed E-state index contributed by atoms with van der Waals surface area (Å²) in [5, 5.41) is 39.6. The molecule has 3 aromatic rings. The molecule has 1 aliphatic carbocycles. The van der Waals surface area contributed by atoms with Crippen LogP contribution in [0.25, 0.3) is 26.5 Å². The van der Waals surface area contributed by atoms with Crippen molar-refractivity contribution >= 4 is 22.5 Å². The molecule has 0 spiro atoms. The Morgan fingerprint density at radius 2 is 1.21 bits per heavy atom. The Kier molecular flexibility index (Phi) is 5.50. The molecule has 12 heteroatoms. The Morgan fingerprint density at radius 3 is 1.74 bits per heavy atom. The Hall–Kier alpha value is -6.60. The second kappa shape index (κ2) is 10.9. The number of allylic oxidation sites excluding steroid dienone is 5. The largest absolute Gasteiger partial charge is 0.239 e. The molecule has 42 heavy (non-hydrogen) atoms. The number of halogens is 6. The summed E-state index contributed by atoms with van der Waals surface area (Å²) in [5.74, 6) is -12.0. The average molecular weight is 570 g/mol. The lowest BCUT2D eigenvalue weighted by atomic mass is 9.97. The van der Waals surface area contributed by atoms with Gasteiger partial charge in [0.2, 0.25) is 0 Å². The van der Waals surface area contributed by atoms with Crippen LogP contribution in [-0.2, 0) is 0 Å². The highest BCUT2D eigenvalue weighted by molar-refractivity contribution is 6.12. The van der Waals surface area contributed by atoms with Crippen molar-refractivity contribution in [2.75, 3.05) is 0 Å². The summed E-state index contributed by atoms with van der Waals surface area (Å²) >= 11 is 0. The fourth-order valence-electron chi connectivity index (χ4n) is 3.81. The minimum Gasteiger partial charge on any atom is -0.239 e. The molecular weight excluding hydrogens is 558 g/mol. The summed E-state index contributed by atoms with van der Waals surface area (Å²) in [4.78, 5) is 5.97. The van der Waals surface area contributed by atoms with Crippen LogP contribution in [0.1, 0.15) is 36.0 Å². The zero-order valence-electron chi connectivity index (χ0n) is 26.0. The molecule has 198 valence electrons. The van der Waals surface area contributed by atoms with Crippen LogP contribution in [0.4, 0.5) is 32.0 Å². The molecule has 0 radical (unpaired) electrons. The first-order valence-electron chi connectivity index (χ1n) is 13.7. The fraction of sp³-hybridized carbons (Fsp3) is 0. The van der Waals surface area contributed by atoms with E-state index in [0.717, 1.165) is 0 Å². The van der Waals surface area contributed by atoms with Crippen LogP contribution in [0.15, 0.2) is 53.0 Å². The minimum atomic E-state index is -2.03. The van der Waals surface area contributed by atoms with Crippen molar-refractivity contribution in [2.45, 2.75) is 0 Å². The maximum atomic E-state index is 14.8. The van der Waals surface area contributed by atoms with Crippen LogP contribution in [-0.4, -0.2) is 0 Å². The fourth-order valence-corrected chi connectivity index (χ4v) is 3.81. The second-order valence-corrected chi connectivity index (χ2v) is 7.75. The van der Waals surface area contributed by atoms with Gasteiger partial charge < -0.3 is 0 Å². The van der Waals surface area contributed by atoms with Crippen molar-refractivity contribution in [3.63, 3.8) is 0 Å². The molecule has 3 aromatic carbocycles. The van der Waals surface area contributed by atoms with Crippen LogP contribution >= 0.6 is 0 Å². The summed E-state index contributed by atoms with van der Waals surface area (Å²) in [6, 6.07) is -3.23. The van der Waals surface area contributed by atoms with Gasteiger partial charge in [-0.2, -0.15) is 21.0 Å². The van der Waals surface area contributed by atoms with Gasteiger partial charge in [0.15, 0.2) is 40.5 Å². The molecule has 0 atom stereocenters. The van der Waals surface area contributed by atoms with Gasteiger partial charge in [0.05, 0.1) is 49.7 Å². The lowest BCUT2D eigenvalue weighted by Gasteiger charge is -2.04. The lowest BCUT2D eigenvalue weighted by Crippen LogP contribution is -1.97. The minimum absolute atomic E-state index is 0.818. The third kappa shape index (κ3) is 4.49. The molecule has 0 saturated heterocycles. The van der Waals surface area contributed by atoms with Gasteiger partial charge >= 0.3 is 0 Å². The number of benzene rings is 3. The lowest BCUT2D eigenvalue weighted by molar-refractivity contribution is 0.506. The van der Waals surface area contributed by atoms with E-state index in [0.29, 0.717) is 0 Å². The standard InChI is InChI=1S/C30H6F6N6/c1-41-25-8-24(35)23(34)7-16(25)30(42-2)28-26(17(10-38)14-3-4-20(31)29(36)19(14)12-40)27(28)18(11-39)15-6-22(33)21(32)5-13(15)9-37/h3-8H/b26-17+,27-18-,30-28-/i3D,4D,5D,6D,7D,8D. The number of hydrogen-bond donors (Lipinski definition) is 0. The molecule has 0 amide bonds. The monoisotopic (exact) mass is 570 g/mol. The van der Waals surface area contributed by atoms with Gasteiger partial charge in [-0.05, 0) is 58.5 Å². The van der Waals surface area contributed by atoms with Gasteiger partial charge in [-0.1, -0.05) is 0 Å². The highest BCUT2D eigenvalue weighted by Crippen LogP contribution is 2.57. The first kappa shape index (κ1) is 21.2. The van der Waals surface area contributed by atoms with Crippen molar-refractivity contribution in [3.05, 3.63) is 139 Å². The van der Waals surface area contributed by atoms with E-state index in [1.807, 2.05) is 0 Å². The molecule has 0 aromatic heterocycles. The summed E-state index contributed by atoms with van der Waals surface area (Å²) in [7, 11) is 0. The molecule has 1 fully saturated rings. The summed E-state index contributed by atoms with van der Waals surface area (Å²) in [6.07, 6.45) is 0. The van der Waals surface area contributed by atoms with Gasteiger partial charge in [0.1, 0.15) is 24.0 Å². The summed E-state index contributed by atoms with van der Waals surface area (Å²) in [6.45, 7) is 15.2. The van der Waals surface area contributed by atoms with Crippen LogP contribution in [0.5, 0.6) is 0 Å². The molecule has 0 aliphatic heterocycles. The van der Waals surface area contributed by atoms with E-state index in [2.05, 4.69) is 9.69 Å². The molecular formula is C30H6F6N6. The number of nitrogens with zero attached hydrogens (tertiary/aromatic N) is 6. The molecule has 0 N–H and O–H groups in total. The van der Waals surface area contributed by atoms with E-state index in [-0.39, 0.29) is 0 Å². The van der Waals surface area contributed by atoms with Crippen molar-refractivity contribution in [3.8, 4) is 24.3 Å². The highest BCUT2D eigenvalue weighted by atomic mass is 19.2. The van der Waals surface area contributed by atoms with Gasteiger partial charge in [0.25, 0.3) is 0 Å². The van der Waals surface area contributed by atoms with Gasteiger partial charge in [-0.25, -0.2) is 36.0 Å². The summed E-state index contributed by atoms with van der Waals surface area (Å²) in [5.41, 5.74) is -12.6. The van der Waals surface area contributed by atoms with E-state index in [1.165, 1.54) is 24.3 Å². The van der Waals surface area contributed by atoms with Crippen molar-refractivity contribution in [2.24, 2.45) is 0 Å². The Morgan fingerprint density at radius 1 is 0.667 bits per heavy atom. The smallest absolute Gasteiger partial charge is 0.192 e. The third-order valence-corrected chi connectivity index (χ3v) is 5.60. The quantitative estimate of drug-likeness (QED) is 0.186. The van der Waals surface area contributed by atoms with Crippen molar-refractivity contribution in [1.82, 2.24) is 0 Å². The predicted octanol–water partition coefficient (Wildman–Crippen LogP) is 7.41. The van der Waals surface area contributed by atoms with Crippen LogP contribution < -0.4 is 0 Å². The summed E-state index contributed by atoms with van der Waals surface area (Å²) < 4.78 is 135. The highest BCUT2D eigenvalue weighted by Gasteiger charge is 2.42. The molecule has 4 rings (SSSR count). The zero-order chi connectivity index (χ0) is 36.1. The van der Waals surface area contributed by atoms with E-state index >= 15 is 0 Å². The molecule has 1 saturated carbocycles. The SMILES string of the molecule is [2H]c1c([2H])c(/C(C#N)=C2\C(=C(/C#N)c3c([2H])c(F)c(F)c([2H])c3C#N)\C2=C(/[N+]#[C-])c2c([2H])c(F)c(F)c([2H])c2[N+]#[C-])c(C#N)c(F)c1F. The van der Waals surface area contributed by atoms with Crippen LogP contribution in [0.3, 0.4) is 0 Å². The van der Waals surface area contributed by atoms with E-state index < -0.39 is 138 Å². The van der Waals surface area contributed by atoms with E-state index in [9.17, 15) is 47.4 Å². The van der Waals surface area contributed by atoms with Crippen molar-refractivity contribution in [1.29, 1.82) is 21.0 Å². The number of hydrogen-bond acceptors (Lipinski definition) is 4. The van der Waals surface area contributed by atoms with E-state index in [4.69, 9.17) is 21.4 Å². The molecule has 0 heterocycles. The van der Waals surface area contributed by atoms with E-state index in [1.54, 1.807) is 0 Å². The molecule has 0 unspecified atom stereocenters. The predicted molar refractivity (Wildman–Crippen MR) is 133 cm³/mol.